The molecule has 0 saturated carbocycles. The maximum atomic E-state index is 11.2. The summed E-state index contributed by atoms with van der Waals surface area (Å²) in [5.41, 5.74) is 1.87. The summed E-state index contributed by atoms with van der Waals surface area (Å²) in [5.74, 6) is -0.00684. The third-order valence-corrected chi connectivity index (χ3v) is 4.00. The van der Waals surface area contributed by atoms with Gasteiger partial charge < -0.3 is 4.74 Å². The minimum absolute atomic E-state index is 0.00684. The van der Waals surface area contributed by atoms with Crippen LogP contribution in [-0.4, -0.2) is 24.9 Å². The van der Waals surface area contributed by atoms with E-state index in [4.69, 9.17) is 17.0 Å². The number of hydrogen-bond donors (Lipinski definition) is 0. The van der Waals surface area contributed by atoms with Crippen LogP contribution in [0.3, 0.4) is 0 Å². The minimum atomic E-state index is -0.00684. The van der Waals surface area contributed by atoms with Gasteiger partial charge in [-0.2, -0.15) is 0 Å². The lowest BCUT2D eigenvalue weighted by molar-refractivity contribution is -0.104. The molecule has 0 heterocycles. The van der Waals surface area contributed by atoms with E-state index in [9.17, 15) is 4.79 Å². The van der Waals surface area contributed by atoms with Crippen molar-refractivity contribution in [1.29, 1.82) is 0 Å². The Kier molecular flexibility index (Phi) is 8.38. The van der Waals surface area contributed by atoms with Crippen molar-refractivity contribution in [2.24, 2.45) is 5.92 Å². The fourth-order valence-corrected chi connectivity index (χ4v) is 2.76. The number of carbonyl (C=O) groups excluding carboxylic acids is 1. The summed E-state index contributed by atoms with van der Waals surface area (Å²) in [6, 6.07) is 5.98. The highest BCUT2D eigenvalue weighted by molar-refractivity contribution is 7.80. The van der Waals surface area contributed by atoms with Crippen LogP contribution in [0, 0.1) is 5.92 Å². The highest BCUT2D eigenvalue weighted by Gasteiger charge is 2.18. The number of thiocarbonyl (C=S) groups is 1. The second-order valence-electron chi connectivity index (χ2n) is 5.27. The topological polar surface area (TPSA) is 26.3 Å². The second-order valence-corrected chi connectivity index (χ2v) is 5.91. The van der Waals surface area contributed by atoms with Gasteiger partial charge in [-0.15, -0.1) is 0 Å². The predicted octanol–water partition coefficient (Wildman–Crippen LogP) is 3.08. The molecule has 1 atom stereocenters. The fraction of sp³-hybridized carbons (Fsp3) is 0.300. The summed E-state index contributed by atoms with van der Waals surface area (Å²) < 4.78 is 5.19. The van der Waals surface area contributed by atoms with Crippen molar-refractivity contribution in [2.75, 3.05) is 13.7 Å². The molecule has 0 saturated heterocycles. The van der Waals surface area contributed by atoms with Crippen molar-refractivity contribution in [2.45, 2.75) is 20.3 Å². The maximum absolute atomic E-state index is 11.2. The third kappa shape index (κ3) is 5.38. The van der Waals surface area contributed by atoms with Gasteiger partial charge in [0.2, 0.25) is 0 Å². The summed E-state index contributed by atoms with van der Waals surface area (Å²) in [4.78, 5) is 12.0. The molecule has 3 heteroatoms. The van der Waals surface area contributed by atoms with E-state index in [1.54, 1.807) is 13.2 Å². The average Bonchev–Trinajstić information content (AvgIpc) is 2.53. The smallest absolute Gasteiger partial charge is 0.143 e. The molecule has 1 aromatic carbocycles. The quantitative estimate of drug-likeness (QED) is 0.417. The van der Waals surface area contributed by atoms with Crippen LogP contribution in [0.2, 0.25) is 0 Å². The molecular weight excluding hydrogens is 304 g/mol. The molecule has 0 bridgehead atoms. The first kappa shape index (κ1) is 19.2. The van der Waals surface area contributed by atoms with Crippen molar-refractivity contribution in [3.63, 3.8) is 0 Å². The van der Waals surface area contributed by atoms with Crippen LogP contribution in [-0.2, 0) is 9.53 Å². The summed E-state index contributed by atoms with van der Waals surface area (Å²) >= 11 is 5.42. The van der Waals surface area contributed by atoms with Crippen LogP contribution < -0.4 is 10.4 Å². The van der Waals surface area contributed by atoms with Gasteiger partial charge in [-0.3, -0.25) is 4.79 Å². The summed E-state index contributed by atoms with van der Waals surface area (Å²) in [6.07, 6.45) is 9.11. The molecule has 0 radical (unpaired) electrons. The Morgan fingerprint density at radius 2 is 2.17 bits per heavy atom. The van der Waals surface area contributed by atoms with E-state index in [-0.39, 0.29) is 5.92 Å². The first-order valence-corrected chi connectivity index (χ1v) is 8.03. The molecule has 0 amide bonds. The van der Waals surface area contributed by atoms with Crippen molar-refractivity contribution in [1.82, 2.24) is 0 Å². The Morgan fingerprint density at radius 3 is 2.74 bits per heavy atom. The predicted molar refractivity (Wildman–Crippen MR) is 103 cm³/mol. The molecule has 2 nitrogen and oxygen atoms in total. The number of allylic oxidation sites excluding steroid dienone is 4. The fourth-order valence-electron chi connectivity index (χ4n) is 2.51. The second kappa shape index (κ2) is 10.0. The number of hydrogen-bond acceptors (Lipinski definition) is 3. The maximum Gasteiger partial charge on any atom is 0.143 e. The van der Waals surface area contributed by atoms with Crippen LogP contribution in [0.1, 0.15) is 25.8 Å². The van der Waals surface area contributed by atoms with Crippen molar-refractivity contribution >= 4 is 41.6 Å². The largest absolute Gasteiger partial charge is 0.385 e. The number of benzene rings is 1. The van der Waals surface area contributed by atoms with E-state index in [1.807, 2.05) is 50.3 Å². The van der Waals surface area contributed by atoms with Crippen molar-refractivity contribution < 1.29 is 9.53 Å². The zero-order chi connectivity index (χ0) is 17.2. The van der Waals surface area contributed by atoms with Gasteiger partial charge in [0, 0.05) is 19.6 Å². The Bertz CT molecular complexity index is 714. The van der Waals surface area contributed by atoms with Gasteiger partial charge in [0.05, 0.1) is 0 Å². The molecule has 1 aromatic rings. The molecule has 0 aliphatic rings. The SMILES string of the molecule is C=c1c(/C(=C/C=O)C(CCOC)C(C)=S)ccc/c1=C/C=C\C. The molecule has 0 aromatic heterocycles. The van der Waals surface area contributed by atoms with Gasteiger partial charge in [0.1, 0.15) is 6.29 Å². The van der Waals surface area contributed by atoms with Gasteiger partial charge in [-0.25, -0.2) is 0 Å². The monoisotopic (exact) mass is 328 g/mol. The Hall–Kier alpha value is -1.84. The lowest BCUT2D eigenvalue weighted by Gasteiger charge is -2.20. The summed E-state index contributed by atoms with van der Waals surface area (Å²) in [6.45, 7) is 8.67. The molecular formula is C20H24O2S. The molecule has 122 valence electrons. The van der Waals surface area contributed by atoms with Gasteiger partial charge in [0.15, 0.2) is 0 Å². The van der Waals surface area contributed by atoms with Gasteiger partial charge in [-0.05, 0) is 52.8 Å². The minimum Gasteiger partial charge on any atom is -0.385 e. The zero-order valence-corrected chi connectivity index (χ0v) is 14.9. The molecule has 0 N–H and O–H groups in total. The number of methoxy groups -OCH3 is 1. The van der Waals surface area contributed by atoms with Crippen molar-refractivity contribution in [3.8, 4) is 0 Å². The van der Waals surface area contributed by atoms with Gasteiger partial charge >= 0.3 is 0 Å². The molecule has 0 spiro atoms. The van der Waals surface area contributed by atoms with Crippen LogP contribution in [0.4, 0.5) is 0 Å². The van der Waals surface area contributed by atoms with Gasteiger partial charge in [-0.1, -0.05) is 55.2 Å². The van der Waals surface area contributed by atoms with Gasteiger partial charge in [0.25, 0.3) is 0 Å². The Morgan fingerprint density at radius 1 is 1.43 bits per heavy atom. The molecule has 23 heavy (non-hydrogen) atoms. The van der Waals surface area contributed by atoms with Crippen LogP contribution in [0.5, 0.6) is 0 Å². The molecule has 0 fully saturated rings. The van der Waals surface area contributed by atoms with Crippen molar-refractivity contribution in [3.05, 3.63) is 52.4 Å². The summed E-state index contributed by atoms with van der Waals surface area (Å²) in [7, 11) is 1.67. The number of carbonyl (C=O) groups is 1. The summed E-state index contributed by atoms with van der Waals surface area (Å²) in [5, 5.41) is 1.93. The molecule has 1 unspecified atom stereocenters. The van der Waals surface area contributed by atoms with E-state index in [2.05, 4.69) is 6.58 Å². The number of ether oxygens (including phenoxy) is 1. The standard InChI is InChI=1S/C20H24O2S/c1-5-6-8-17-9-7-10-18(15(17)2)20(11-13-21)19(16(3)23)12-14-22-4/h5-11,13,19H,2,12,14H2,1,3-4H3/b6-5-,17-8-,20-11-. The molecule has 1 rings (SSSR count). The molecule has 0 aliphatic carbocycles. The Labute approximate surface area is 143 Å². The highest BCUT2D eigenvalue weighted by atomic mass is 32.1. The number of aldehydes is 1. The van der Waals surface area contributed by atoms with E-state index in [0.29, 0.717) is 6.61 Å². The third-order valence-electron chi connectivity index (χ3n) is 3.72. The normalized spacial score (nSPS) is 14.2. The van der Waals surface area contributed by atoms with E-state index >= 15 is 0 Å². The first-order valence-electron chi connectivity index (χ1n) is 7.62. The molecule has 0 aliphatic heterocycles. The Balaban J connectivity index is 3.47. The highest BCUT2D eigenvalue weighted by Crippen LogP contribution is 2.25. The zero-order valence-electron chi connectivity index (χ0n) is 14.0. The van der Waals surface area contributed by atoms with E-state index in [0.717, 1.165) is 39.1 Å². The number of rotatable bonds is 8. The van der Waals surface area contributed by atoms with Crippen LogP contribution >= 0.6 is 12.2 Å². The first-order chi connectivity index (χ1) is 11.1. The lowest BCUT2D eigenvalue weighted by Crippen LogP contribution is -2.28. The van der Waals surface area contributed by atoms with Crippen LogP contribution in [0.25, 0.3) is 18.2 Å². The lowest BCUT2D eigenvalue weighted by atomic mass is 9.86. The van der Waals surface area contributed by atoms with E-state index < -0.39 is 0 Å². The van der Waals surface area contributed by atoms with Crippen LogP contribution in [0.15, 0.2) is 36.4 Å². The van der Waals surface area contributed by atoms with E-state index in [1.165, 1.54) is 0 Å². The average molecular weight is 328 g/mol.